The maximum Gasteiger partial charge on any atom is 0.354 e. The molecule has 0 saturated carbocycles. The first kappa shape index (κ1) is 14.1. The van der Waals surface area contributed by atoms with Crippen LogP contribution in [-0.2, 0) is 0 Å². The molecule has 6 heteroatoms. The van der Waals surface area contributed by atoms with Crippen LogP contribution in [0.5, 0.6) is 5.75 Å². The van der Waals surface area contributed by atoms with E-state index in [1.165, 1.54) is 12.4 Å². The van der Waals surface area contributed by atoms with Gasteiger partial charge in [0.2, 0.25) is 0 Å². The van der Waals surface area contributed by atoms with E-state index >= 15 is 0 Å². The van der Waals surface area contributed by atoms with Crippen LogP contribution in [0.1, 0.15) is 22.5 Å². The summed E-state index contributed by atoms with van der Waals surface area (Å²) in [5, 5.41) is 19.0. The molecule has 1 aromatic carbocycles. The zero-order valence-electron chi connectivity index (χ0n) is 11.8. The minimum absolute atomic E-state index is 0.0244. The Morgan fingerprint density at radius 2 is 2.05 bits per heavy atom. The van der Waals surface area contributed by atoms with Crippen LogP contribution in [-0.4, -0.2) is 39.2 Å². The van der Waals surface area contributed by atoms with Crippen LogP contribution in [0.25, 0.3) is 5.57 Å². The van der Waals surface area contributed by atoms with Gasteiger partial charge in [0.25, 0.3) is 0 Å². The van der Waals surface area contributed by atoms with Crippen molar-refractivity contribution in [3.05, 3.63) is 54.0 Å². The fourth-order valence-electron chi connectivity index (χ4n) is 2.52. The zero-order chi connectivity index (χ0) is 15.5. The number of anilines is 1. The summed E-state index contributed by atoms with van der Waals surface area (Å²) < 4.78 is 0. The number of aromatic nitrogens is 2. The first-order valence-electron chi connectivity index (χ1n) is 6.93. The van der Waals surface area contributed by atoms with E-state index < -0.39 is 5.97 Å². The highest BCUT2D eigenvalue weighted by atomic mass is 16.4. The minimum Gasteiger partial charge on any atom is -0.507 e. The molecule has 0 unspecified atom stereocenters. The van der Waals surface area contributed by atoms with Crippen LogP contribution >= 0.6 is 0 Å². The molecular formula is C16H15N3O3. The Morgan fingerprint density at radius 1 is 1.23 bits per heavy atom. The molecule has 22 heavy (non-hydrogen) atoms. The van der Waals surface area contributed by atoms with E-state index in [0.717, 1.165) is 24.1 Å². The summed E-state index contributed by atoms with van der Waals surface area (Å²) in [4.78, 5) is 20.9. The van der Waals surface area contributed by atoms with Gasteiger partial charge in [-0.25, -0.2) is 14.8 Å². The molecule has 0 spiro atoms. The average Bonchev–Trinajstić information content (AvgIpc) is 2.55. The van der Waals surface area contributed by atoms with Crippen LogP contribution in [0.2, 0.25) is 0 Å². The standard InChI is InChI=1S/C16H15N3O3/c20-14-6-2-1-5-12(14)11-4-3-7-19(9-11)15-8-13(16(21)22)17-10-18-15/h1-2,4-6,8,10,20H,3,7,9H2,(H,21,22). The summed E-state index contributed by atoms with van der Waals surface area (Å²) >= 11 is 0. The van der Waals surface area contributed by atoms with Crippen molar-refractivity contribution in [1.29, 1.82) is 0 Å². The van der Waals surface area contributed by atoms with Gasteiger partial charge in [-0.15, -0.1) is 0 Å². The number of benzene rings is 1. The Hall–Kier alpha value is -2.89. The minimum atomic E-state index is -1.07. The van der Waals surface area contributed by atoms with Gasteiger partial charge in [0.15, 0.2) is 5.69 Å². The van der Waals surface area contributed by atoms with Crippen molar-refractivity contribution < 1.29 is 15.0 Å². The maximum atomic E-state index is 11.0. The van der Waals surface area contributed by atoms with Crippen molar-refractivity contribution in [2.45, 2.75) is 6.42 Å². The van der Waals surface area contributed by atoms with Gasteiger partial charge in [0.05, 0.1) is 0 Å². The van der Waals surface area contributed by atoms with Crippen LogP contribution in [0.15, 0.2) is 42.7 Å². The molecular weight excluding hydrogens is 282 g/mol. The summed E-state index contributed by atoms with van der Waals surface area (Å²) in [6.07, 6.45) is 4.15. The summed E-state index contributed by atoms with van der Waals surface area (Å²) in [6, 6.07) is 8.65. The smallest absolute Gasteiger partial charge is 0.354 e. The number of aromatic hydroxyl groups is 1. The van der Waals surface area contributed by atoms with Crippen molar-refractivity contribution in [3.8, 4) is 5.75 Å². The molecule has 6 nitrogen and oxygen atoms in total. The zero-order valence-corrected chi connectivity index (χ0v) is 11.8. The number of para-hydroxylation sites is 1. The molecule has 0 amide bonds. The number of rotatable bonds is 3. The number of phenols is 1. The number of hydrogen-bond acceptors (Lipinski definition) is 5. The van der Waals surface area contributed by atoms with Gasteiger partial charge in [-0.2, -0.15) is 0 Å². The summed E-state index contributed by atoms with van der Waals surface area (Å²) in [5.41, 5.74) is 1.77. The number of carboxylic acid groups (broad SMARTS) is 1. The highest BCUT2D eigenvalue weighted by Crippen LogP contribution is 2.29. The van der Waals surface area contributed by atoms with E-state index in [2.05, 4.69) is 16.0 Å². The third kappa shape index (κ3) is 2.76. The fourth-order valence-corrected chi connectivity index (χ4v) is 2.52. The molecule has 0 radical (unpaired) electrons. The van der Waals surface area contributed by atoms with Gasteiger partial charge < -0.3 is 15.1 Å². The molecule has 0 bridgehead atoms. The molecule has 0 atom stereocenters. The van der Waals surface area contributed by atoms with Gasteiger partial charge in [-0.3, -0.25) is 0 Å². The van der Waals surface area contributed by atoms with E-state index in [1.54, 1.807) is 12.1 Å². The second kappa shape index (κ2) is 5.85. The first-order chi connectivity index (χ1) is 10.6. The molecule has 112 valence electrons. The van der Waals surface area contributed by atoms with Crippen molar-refractivity contribution in [1.82, 2.24) is 9.97 Å². The average molecular weight is 297 g/mol. The molecule has 0 fully saturated rings. The van der Waals surface area contributed by atoms with Gasteiger partial charge >= 0.3 is 5.97 Å². The fraction of sp³-hybridized carbons (Fsp3) is 0.188. The van der Waals surface area contributed by atoms with Crippen molar-refractivity contribution in [3.63, 3.8) is 0 Å². The van der Waals surface area contributed by atoms with E-state index in [9.17, 15) is 9.90 Å². The summed E-state index contributed by atoms with van der Waals surface area (Å²) in [7, 11) is 0. The molecule has 2 aromatic rings. The van der Waals surface area contributed by atoms with Crippen LogP contribution < -0.4 is 4.90 Å². The van der Waals surface area contributed by atoms with Crippen molar-refractivity contribution in [2.75, 3.05) is 18.0 Å². The number of nitrogens with zero attached hydrogens (tertiary/aromatic N) is 3. The molecule has 0 aliphatic carbocycles. The molecule has 1 aliphatic heterocycles. The highest BCUT2D eigenvalue weighted by molar-refractivity contribution is 5.86. The van der Waals surface area contributed by atoms with Crippen LogP contribution in [0.4, 0.5) is 5.82 Å². The molecule has 0 saturated heterocycles. The van der Waals surface area contributed by atoms with Gasteiger partial charge in [0, 0.05) is 24.7 Å². The van der Waals surface area contributed by atoms with Crippen molar-refractivity contribution in [2.24, 2.45) is 0 Å². The maximum absolute atomic E-state index is 11.0. The molecule has 2 N–H and O–H groups in total. The first-order valence-corrected chi connectivity index (χ1v) is 6.93. The van der Waals surface area contributed by atoms with E-state index in [0.29, 0.717) is 12.4 Å². The van der Waals surface area contributed by atoms with Crippen LogP contribution in [0.3, 0.4) is 0 Å². The third-order valence-corrected chi connectivity index (χ3v) is 3.60. The number of carboxylic acids is 1. The molecule has 1 aliphatic rings. The van der Waals surface area contributed by atoms with E-state index in [1.807, 2.05) is 17.0 Å². The second-order valence-corrected chi connectivity index (χ2v) is 5.02. The predicted octanol–water partition coefficient (Wildman–Crippen LogP) is 2.17. The number of carbonyl (C=O) groups is 1. The molecule has 3 rings (SSSR count). The number of phenolic OH excluding ortho intramolecular Hbond substituents is 1. The van der Waals surface area contributed by atoms with Gasteiger partial charge in [0.1, 0.15) is 17.9 Å². The lowest BCUT2D eigenvalue weighted by atomic mass is 10.0. The van der Waals surface area contributed by atoms with Gasteiger partial charge in [-0.1, -0.05) is 24.3 Å². The Labute approximate surface area is 127 Å². The SMILES string of the molecule is O=C(O)c1cc(N2CCC=C(c3ccccc3O)C2)ncn1. The quantitative estimate of drug-likeness (QED) is 0.903. The molecule has 1 aromatic heterocycles. The monoisotopic (exact) mass is 297 g/mol. The summed E-state index contributed by atoms with van der Waals surface area (Å²) in [5.74, 6) is -0.255. The van der Waals surface area contributed by atoms with E-state index in [4.69, 9.17) is 5.11 Å². The summed E-state index contributed by atoms with van der Waals surface area (Å²) in [6.45, 7) is 1.31. The largest absolute Gasteiger partial charge is 0.507 e. The Kier molecular flexibility index (Phi) is 3.74. The predicted molar refractivity (Wildman–Crippen MR) is 81.9 cm³/mol. The Morgan fingerprint density at radius 3 is 2.82 bits per heavy atom. The van der Waals surface area contributed by atoms with Crippen molar-refractivity contribution >= 4 is 17.4 Å². The normalized spacial score (nSPS) is 14.5. The number of aromatic carboxylic acids is 1. The molecule has 2 heterocycles. The lowest BCUT2D eigenvalue weighted by Gasteiger charge is -2.28. The van der Waals surface area contributed by atoms with Gasteiger partial charge in [-0.05, 0) is 18.1 Å². The number of hydrogen-bond donors (Lipinski definition) is 2. The van der Waals surface area contributed by atoms with Crippen LogP contribution in [0, 0.1) is 0 Å². The third-order valence-electron chi connectivity index (χ3n) is 3.60. The second-order valence-electron chi connectivity index (χ2n) is 5.02. The lowest BCUT2D eigenvalue weighted by Crippen LogP contribution is -2.30. The van der Waals surface area contributed by atoms with E-state index in [-0.39, 0.29) is 11.4 Å². The topological polar surface area (TPSA) is 86.5 Å². The highest BCUT2D eigenvalue weighted by Gasteiger charge is 2.18. The Balaban J connectivity index is 1.87. The lowest BCUT2D eigenvalue weighted by molar-refractivity contribution is 0.0690. The Bertz CT molecular complexity index is 743.